The van der Waals surface area contributed by atoms with Crippen molar-refractivity contribution in [3.05, 3.63) is 81.9 Å². The summed E-state index contributed by atoms with van der Waals surface area (Å²) in [4.78, 5) is 26.1. The van der Waals surface area contributed by atoms with E-state index in [1.807, 2.05) is 6.08 Å². The van der Waals surface area contributed by atoms with Gasteiger partial charge in [0, 0.05) is 17.8 Å². The van der Waals surface area contributed by atoms with Gasteiger partial charge in [0.05, 0.1) is 5.92 Å². The smallest absolute Gasteiger partial charge is 0.160 e. The molecular formula is C26H24O2. The van der Waals surface area contributed by atoms with Gasteiger partial charge in [-0.05, 0) is 67.2 Å². The van der Waals surface area contributed by atoms with Crippen LogP contribution in [0.2, 0.25) is 0 Å². The molecule has 28 heavy (non-hydrogen) atoms. The first kappa shape index (κ1) is 17.4. The third kappa shape index (κ3) is 2.27. The minimum atomic E-state index is -0.267. The zero-order valence-electron chi connectivity index (χ0n) is 16.7. The van der Waals surface area contributed by atoms with E-state index in [0.717, 1.165) is 22.3 Å². The number of fused-ring (bicyclic) bond motifs is 5. The minimum Gasteiger partial charge on any atom is -0.298 e. The number of hydrogen-bond acceptors (Lipinski definition) is 2. The van der Waals surface area contributed by atoms with Crippen LogP contribution in [0.3, 0.4) is 0 Å². The number of carbonyl (C=O) groups excluding carboxylic acids is 2. The molecule has 2 heteroatoms. The van der Waals surface area contributed by atoms with E-state index in [1.165, 1.54) is 22.3 Å². The second kappa shape index (κ2) is 5.88. The van der Waals surface area contributed by atoms with Gasteiger partial charge in [0.25, 0.3) is 0 Å². The zero-order chi connectivity index (χ0) is 19.7. The van der Waals surface area contributed by atoms with E-state index in [1.54, 1.807) is 0 Å². The van der Waals surface area contributed by atoms with Crippen molar-refractivity contribution in [3.8, 4) is 0 Å². The molecule has 2 bridgehead atoms. The lowest BCUT2D eigenvalue weighted by atomic mass is 9.74. The molecule has 140 valence electrons. The topological polar surface area (TPSA) is 34.1 Å². The molecule has 4 atom stereocenters. The quantitative estimate of drug-likeness (QED) is 0.745. The monoisotopic (exact) mass is 368 g/mol. The van der Waals surface area contributed by atoms with E-state index in [9.17, 15) is 9.59 Å². The van der Waals surface area contributed by atoms with Crippen molar-refractivity contribution in [1.82, 2.24) is 0 Å². The van der Waals surface area contributed by atoms with Crippen LogP contribution in [0.15, 0.2) is 48.6 Å². The summed E-state index contributed by atoms with van der Waals surface area (Å²) in [6.07, 6.45) is 3.91. The molecule has 1 saturated carbocycles. The molecule has 3 aliphatic rings. The Kier molecular flexibility index (Phi) is 3.64. The Morgan fingerprint density at radius 3 is 1.89 bits per heavy atom. The summed E-state index contributed by atoms with van der Waals surface area (Å²) in [7, 11) is 0. The Bertz CT molecular complexity index is 1120. The molecule has 0 radical (unpaired) electrons. The zero-order valence-corrected chi connectivity index (χ0v) is 16.7. The molecule has 3 aliphatic carbocycles. The van der Waals surface area contributed by atoms with Crippen LogP contribution in [0.25, 0.3) is 11.1 Å². The Morgan fingerprint density at radius 1 is 0.714 bits per heavy atom. The highest BCUT2D eigenvalue weighted by atomic mass is 16.1. The maximum Gasteiger partial charge on any atom is 0.160 e. The molecule has 0 amide bonds. The first-order valence-electron chi connectivity index (χ1n) is 10.0. The first-order chi connectivity index (χ1) is 13.4. The fourth-order valence-electron chi connectivity index (χ4n) is 5.50. The molecule has 2 aromatic carbocycles. The van der Waals surface area contributed by atoms with Crippen LogP contribution in [-0.4, -0.2) is 11.6 Å². The minimum absolute atomic E-state index is 0.0228. The van der Waals surface area contributed by atoms with Gasteiger partial charge in [-0.25, -0.2) is 0 Å². The maximum absolute atomic E-state index is 13.2. The Hall–Kier alpha value is -2.74. The largest absolute Gasteiger partial charge is 0.298 e. The van der Waals surface area contributed by atoms with Crippen molar-refractivity contribution in [1.29, 1.82) is 0 Å². The van der Waals surface area contributed by atoms with E-state index in [-0.39, 0.29) is 35.2 Å². The van der Waals surface area contributed by atoms with Crippen molar-refractivity contribution in [2.75, 3.05) is 0 Å². The number of rotatable bonds is 2. The summed E-state index contributed by atoms with van der Waals surface area (Å²) < 4.78 is 0. The van der Waals surface area contributed by atoms with E-state index in [2.05, 4.69) is 70.2 Å². The molecule has 0 N–H and O–H groups in total. The van der Waals surface area contributed by atoms with Gasteiger partial charge in [-0.2, -0.15) is 0 Å². The number of benzene rings is 2. The maximum atomic E-state index is 13.2. The highest BCUT2D eigenvalue weighted by Gasteiger charge is 2.60. The van der Waals surface area contributed by atoms with Gasteiger partial charge in [0.2, 0.25) is 0 Å². The Morgan fingerprint density at radius 2 is 1.29 bits per heavy atom. The SMILES string of the molecule is Cc1ccc(C)c(C2=C[C@@H]3C(=O)[C@H]2[C@@H]2C(c4cc(C)ccc4C)=CC(=O)[C@@H]23)c1. The molecule has 2 aromatic rings. The summed E-state index contributed by atoms with van der Waals surface area (Å²) in [6, 6.07) is 12.8. The summed E-state index contributed by atoms with van der Waals surface area (Å²) >= 11 is 0. The summed E-state index contributed by atoms with van der Waals surface area (Å²) in [5, 5.41) is 0. The average molecular weight is 368 g/mol. The predicted octanol–water partition coefficient (Wildman–Crippen LogP) is 5.03. The molecule has 5 rings (SSSR count). The van der Waals surface area contributed by atoms with Gasteiger partial charge in [-0.15, -0.1) is 0 Å². The molecule has 2 nitrogen and oxygen atoms in total. The third-order valence-electron chi connectivity index (χ3n) is 6.86. The van der Waals surface area contributed by atoms with Gasteiger partial charge in [0.15, 0.2) is 5.78 Å². The van der Waals surface area contributed by atoms with E-state index < -0.39 is 0 Å². The molecule has 0 saturated heterocycles. The number of ketones is 2. The lowest BCUT2D eigenvalue weighted by molar-refractivity contribution is -0.124. The van der Waals surface area contributed by atoms with Gasteiger partial charge in [0.1, 0.15) is 5.78 Å². The second-order valence-electron chi connectivity index (χ2n) is 8.72. The normalized spacial score (nSPS) is 27.9. The third-order valence-corrected chi connectivity index (χ3v) is 6.86. The van der Waals surface area contributed by atoms with Gasteiger partial charge < -0.3 is 0 Å². The Labute approximate surface area is 166 Å². The second-order valence-corrected chi connectivity index (χ2v) is 8.72. The molecular weight excluding hydrogens is 344 g/mol. The van der Waals surface area contributed by atoms with E-state index in [4.69, 9.17) is 0 Å². The molecule has 0 heterocycles. The lowest BCUT2D eigenvalue weighted by Crippen LogP contribution is -2.23. The predicted molar refractivity (Wildman–Crippen MR) is 112 cm³/mol. The molecule has 0 aliphatic heterocycles. The van der Waals surface area contributed by atoms with E-state index in [0.29, 0.717) is 0 Å². The average Bonchev–Trinajstić information content (AvgIpc) is 3.26. The van der Waals surface area contributed by atoms with Crippen LogP contribution in [0, 0.1) is 51.4 Å². The van der Waals surface area contributed by atoms with Crippen molar-refractivity contribution < 1.29 is 9.59 Å². The molecule has 0 aromatic heterocycles. The van der Waals surface area contributed by atoms with Crippen LogP contribution >= 0.6 is 0 Å². The highest BCUT2D eigenvalue weighted by molar-refractivity contribution is 6.16. The standard InChI is InChI=1S/C26H24O2/c1-13-5-7-15(3)17(9-13)19-11-21-23-22(27)12-20(24(23)25(19)26(21)28)18-10-14(2)6-8-16(18)4/h5-12,21,23-25H,1-4H3/t21-,23-,24+,25+/m0/s1. The van der Waals surface area contributed by atoms with Crippen molar-refractivity contribution >= 4 is 22.7 Å². The van der Waals surface area contributed by atoms with E-state index >= 15 is 0 Å². The number of Topliss-reactive ketones (excluding diaryl/α,β-unsaturated/α-hetero) is 1. The van der Waals surface area contributed by atoms with Gasteiger partial charge >= 0.3 is 0 Å². The molecule has 0 unspecified atom stereocenters. The van der Waals surface area contributed by atoms with Crippen LogP contribution in [0.1, 0.15) is 33.4 Å². The number of aryl methyl sites for hydroxylation is 4. The van der Waals surface area contributed by atoms with Crippen molar-refractivity contribution in [2.45, 2.75) is 27.7 Å². The van der Waals surface area contributed by atoms with Crippen LogP contribution in [0.5, 0.6) is 0 Å². The Balaban J connectivity index is 1.65. The van der Waals surface area contributed by atoms with Crippen molar-refractivity contribution in [2.24, 2.45) is 23.7 Å². The number of carbonyl (C=O) groups is 2. The highest BCUT2D eigenvalue weighted by Crippen LogP contribution is 2.59. The molecule has 1 fully saturated rings. The fourth-order valence-corrected chi connectivity index (χ4v) is 5.50. The summed E-state index contributed by atoms with van der Waals surface area (Å²) in [5.41, 5.74) is 9.21. The van der Waals surface area contributed by atoms with Gasteiger partial charge in [-0.3, -0.25) is 9.59 Å². The number of hydrogen-bond donors (Lipinski definition) is 0. The van der Waals surface area contributed by atoms with Crippen LogP contribution < -0.4 is 0 Å². The first-order valence-corrected chi connectivity index (χ1v) is 10.0. The fraction of sp³-hybridized carbons (Fsp3) is 0.308. The lowest BCUT2D eigenvalue weighted by Gasteiger charge is -2.27. The number of allylic oxidation sites excluding steroid dienone is 4. The summed E-state index contributed by atoms with van der Waals surface area (Å²) in [5.74, 6) is -0.343. The van der Waals surface area contributed by atoms with Crippen molar-refractivity contribution in [3.63, 3.8) is 0 Å². The van der Waals surface area contributed by atoms with Gasteiger partial charge in [-0.1, -0.05) is 53.6 Å². The van der Waals surface area contributed by atoms with Crippen LogP contribution in [0.4, 0.5) is 0 Å². The van der Waals surface area contributed by atoms with Crippen LogP contribution in [-0.2, 0) is 9.59 Å². The summed E-state index contributed by atoms with van der Waals surface area (Å²) in [6.45, 7) is 8.35. The molecule has 0 spiro atoms.